The summed E-state index contributed by atoms with van der Waals surface area (Å²) in [6.45, 7) is 0.464. The van der Waals surface area contributed by atoms with E-state index in [0.29, 0.717) is 37.1 Å². The topological polar surface area (TPSA) is 314 Å². The number of amides is 6. The number of nitrogens with zero attached hydrogens (tertiary/aromatic N) is 2. The molecule has 2 aromatic rings. The van der Waals surface area contributed by atoms with Crippen molar-refractivity contribution in [3.05, 3.63) is 36.0 Å². The summed E-state index contributed by atoms with van der Waals surface area (Å²) in [6.07, 6.45) is 1.95. The third-order valence-electron chi connectivity index (χ3n) is 9.49. The van der Waals surface area contributed by atoms with Crippen molar-refractivity contribution in [3.8, 4) is 0 Å². The van der Waals surface area contributed by atoms with Gasteiger partial charge in [-0.15, -0.1) is 0 Å². The Morgan fingerprint density at radius 2 is 1.60 bits per heavy atom. The summed E-state index contributed by atoms with van der Waals surface area (Å²) in [5.41, 5.74) is 17.8. The smallest absolute Gasteiger partial charge is 0.305 e. The van der Waals surface area contributed by atoms with Gasteiger partial charge in [0.2, 0.25) is 35.4 Å². The number of H-pyrrole nitrogens is 1. The van der Waals surface area contributed by atoms with Crippen molar-refractivity contribution in [1.29, 1.82) is 0 Å². The van der Waals surface area contributed by atoms with E-state index >= 15 is 0 Å². The number of hydrogen-bond donors (Lipinski definition) is 9. The first kappa shape index (κ1) is 44.4. The predicted octanol–water partition coefficient (Wildman–Crippen LogP) is -0.821. The van der Waals surface area contributed by atoms with Crippen LogP contribution in [0.1, 0.15) is 63.4 Å². The van der Waals surface area contributed by atoms with Crippen LogP contribution in [-0.4, -0.2) is 123 Å². The highest BCUT2D eigenvalue weighted by molar-refractivity contribution is 8.76. The van der Waals surface area contributed by atoms with Crippen molar-refractivity contribution < 1.29 is 43.5 Å². The van der Waals surface area contributed by atoms with Gasteiger partial charge in [0.25, 0.3) is 0 Å². The summed E-state index contributed by atoms with van der Waals surface area (Å²) >= 11 is 0. The molecule has 310 valence electrons. The number of carbonyl (C=O) groups is 8. The molecule has 12 N–H and O–H groups in total. The molecule has 2 saturated heterocycles. The van der Waals surface area contributed by atoms with Crippen LogP contribution in [0.5, 0.6) is 0 Å². The Balaban J connectivity index is 1.61. The molecule has 5 unspecified atom stereocenters. The van der Waals surface area contributed by atoms with Crippen LogP contribution in [0.2, 0.25) is 0 Å². The molecular formula is C36H50N10O9S2. The number of nitrogens with one attached hydrogen (secondary N) is 5. The first-order valence-electron chi connectivity index (χ1n) is 18.6. The number of guanidine groups is 1. The fraction of sp³-hybridized carbons (Fsp3) is 0.528. The van der Waals surface area contributed by atoms with Gasteiger partial charge in [0.15, 0.2) is 11.7 Å². The van der Waals surface area contributed by atoms with Crippen LogP contribution in [-0.2, 0) is 44.8 Å². The van der Waals surface area contributed by atoms with Crippen LogP contribution >= 0.6 is 21.6 Å². The fourth-order valence-corrected chi connectivity index (χ4v) is 8.75. The molecule has 1 aromatic heterocycles. The summed E-state index contributed by atoms with van der Waals surface area (Å²) in [7, 11) is 2.48. The minimum atomic E-state index is -1.64. The minimum absolute atomic E-state index is 0.00831. The van der Waals surface area contributed by atoms with E-state index in [2.05, 4.69) is 31.2 Å². The van der Waals surface area contributed by atoms with Crippen LogP contribution in [0, 0.1) is 0 Å². The minimum Gasteiger partial charge on any atom is -0.481 e. The summed E-state index contributed by atoms with van der Waals surface area (Å²) in [6, 6.07) is 1.28. The molecule has 57 heavy (non-hydrogen) atoms. The molecule has 0 radical (unpaired) electrons. The number of hydrogen-bond acceptors (Lipinski definition) is 11. The highest BCUT2D eigenvalue weighted by Crippen LogP contribution is 2.25. The zero-order valence-corrected chi connectivity index (χ0v) is 33.0. The van der Waals surface area contributed by atoms with Crippen molar-refractivity contribution in [1.82, 2.24) is 31.2 Å². The zero-order valence-electron chi connectivity index (χ0n) is 31.3. The van der Waals surface area contributed by atoms with Crippen molar-refractivity contribution in [3.63, 3.8) is 0 Å². The van der Waals surface area contributed by atoms with Crippen molar-refractivity contribution >= 4 is 85.6 Å². The number of ketones is 1. The number of unbranched alkanes of at least 4 members (excludes halogenated alkanes) is 1. The lowest BCUT2D eigenvalue weighted by molar-refractivity contribution is -0.143. The first-order chi connectivity index (χ1) is 27.2. The third-order valence-corrected chi connectivity index (χ3v) is 11.9. The maximum Gasteiger partial charge on any atom is 0.305 e. The van der Waals surface area contributed by atoms with Gasteiger partial charge in [-0.1, -0.05) is 39.8 Å². The number of primary amides is 1. The van der Waals surface area contributed by atoms with E-state index in [1.54, 1.807) is 12.3 Å². The second-order valence-electron chi connectivity index (χ2n) is 13.7. The van der Waals surface area contributed by atoms with Gasteiger partial charge in [0.05, 0.1) is 12.5 Å². The van der Waals surface area contributed by atoms with Crippen LogP contribution < -0.4 is 38.5 Å². The number of aromatic nitrogens is 1. The van der Waals surface area contributed by atoms with Gasteiger partial charge in [-0.3, -0.25) is 43.3 Å². The maximum atomic E-state index is 14.3. The molecule has 19 nitrogen and oxygen atoms in total. The number of aliphatic imine (C=N–C) groups is 1. The van der Waals surface area contributed by atoms with Gasteiger partial charge >= 0.3 is 5.97 Å². The number of aromatic amines is 1. The Hall–Kier alpha value is -5.31. The monoisotopic (exact) mass is 830 g/mol. The normalized spacial score (nSPS) is 23.8. The molecule has 4 rings (SSSR count). The SMILES string of the molecule is NC(=O)C1CSSCCC(=O)NC(CCCCN=C(N)N)C(=O)CCC(=O)NC(CC(=O)O)C(=O)NC(Cc2c[nH]c3ccccc23)C(=O)N2CCCC2C(=O)N1. The molecule has 5 atom stereocenters. The van der Waals surface area contributed by atoms with E-state index in [4.69, 9.17) is 17.2 Å². The van der Waals surface area contributed by atoms with E-state index in [1.165, 1.54) is 26.5 Å². The lowest BCUT2D eigenvalue weighted by Gasteiger charge is -2.30. The summed E-state index contributed by atoms with van der Waals surface area (Å²) in [5.74, 6) is -5.83. The number of carboxylic acids is 1. The van der Waals surface area contributed by atoms with E-state index in [1.807, 2.05) is 18.2 Å². The molecule has 0 spiro atoms. The molecule has 2 aliphatic heterocycles. The molecule has 3 heterocycles. The Kier molecular flexibility index (Phi) is 17.0. The number of carboxylic acid groups (broad SMARTS) is 1. The summed E-state index contributed by atoms with van der Waals surface area (Å²) < 4.78 is 0. The van der Waals surface area contributed by atoms with Gasteiger partial charge in [0, 0.05) is 67.4 Å². The Labute approximate surface area is 336 Å². The lowest BCUT2D eigenvalue weighted by atomic mass is 10.0. The fourth-order valence-electron chi connectivity index (χ4n) is 6.58. The largest absolute Gasteiger partial charge is 0.481 e. The van der Waals surface area contributed by atoms with Crippen molar-refractivity contribution in [2.45, 2.75) is 94.4 Å². The predicted molar refractivity (Wildman–Crippen MR) is 214 cm³/mol. The summed E-state index contributed by atoms with van der Waals surface area (Å²) in [5, 5.41) is 20.8. The van der Waals surface area contributed by atoms with E-state index < -0.39 is 90.2 Å². The molecule has 0 bridgehead atoms. The van der Waals surface area contributed by atoms with E-state index in [-0.39, 0.29) is 50.4 Å². The molecule has 0 aliphatic carbocycles. The van der Waals surface area contributed by atoms with E-state index in [9.17, 15) is 43.5 Å². The molecule has 2 fully saturated rings. The van der Waals surface area contributed by atoms with Gasteiger partial charge in [0.1, 0.15) is 24.2 Å². The third kappa shape index (κ3) is 13.7. The quantitative estimate of drug-likeness (QED) is 0.0613. The Morgan fingerprint density at radius 1 is 0.860 bits per heavy atom. The highest BCUT2D eigenvalue weighted by Gasteiger charge is 2.40. The van der Waals surface area contributed by atoms with Crippen LogP contribution in [0.15, 0.2) is 35.5 Å². The maximum absolute atomic E-state index is 14.3. The van der Waals surface area contributed by atoms with Gasteiger partial charge in [-0.05, 0) is 43.7 Å². The number of Topliss-reactive ketones (excluding diaryl/α,β-unsaturated/α-hetero) is 1. The number of para-hydroxylation sites is 1. The lowest BCUT2D eigenvalue weighted by Crippen LogP contribution is -2.58. The van der Waals surface area contributed by atoms with Crippen LogP contribution in [0.3, 0.4) is 0 Å². The Bertz CT molecular complexity index is 1840. The van der Waals surface area contributed by atoms with Crippen molar-refractivity contribution in [2.75, 3.05) is 24.6 Å². The van der Waals surface area contributed by atoms with Gasteiger partial charge < -0.3 is 53.5 Å². The zero-order chi connectivity index (χ0) is 41.5. The number of carbonyl (C=O) groups excluding carboxylic acids is 7. The van der Waals surface area contributed by atoms with Gasteiger partial charge in [-0.2, -0.15) is 0 Å². The van der Waals surface area contributed by atoms with Crippen LogP contribution in [0.4, 0.5) is 0 Å². The average Bonchev–Trinajstić information content (AvgIpc) is 3.82. The first-order valence-corrected chi connectivity index (χ1v) is 21.1. The molecular weight excluding hydrogens is 781 g/mol. The molecule has 1 aromatic carbocycles. The number of fused-ring (bicyclic) bond motifs is 2. The second-order valence-corrected chi connectivity index (χ2v) is 16.4. The number of benzene rings is 1. The van der Waals surface area contributed by atoms with E-state index in [0.717, 1.165) is 10.9 Å². The molecule has 2 aliphatic rings. The van der Waals surface area contributed by atoms with Gasteiger partial charge in [-0.25, -0.2) is 0 Å². The number of aliphatic carboxylic acids is 1. The number of rotatable bonds is 10. The highest BCUT2D eigenvalue weighted by atomic mass is 33.1. The molecule has 6 amide bonds. The van der Waals surface area contributed by atoms with Crippen LogP contribution in [0.25, 0.3) is 10.9 Å². The van der Waals surface area contributed by atoms with Crippen molar-refractivity contribution in [2.24, 2.45) is 22.2 Å². The standard InChI is InChI=1S/C36H50N10O9S2/c37-32(52)26-19-57-56-15-12-30(49)42-23(8-3-4-13-40-36(38)39)28(47)10-11-29(48)43-24(17-31(50)51)33(53)44-25(16-20-18-41-22-7-2-1-6-21(20)22)35(55)46-14-5-9-27(46)34(54)45-26/h1-2,6-7,18,23-27,41H,3-5,8-17,19H2,(H2,37,52)(H,42,49)(H,43,48)(H,44,53)(H,45,54)(H,50,51)(H4,38,39,40). The second kappa shape index (κ2) is 21.8. The molecule has 21 heteroatoms. The number of nitrogens with two attached hydrogens (primary N) is 3. The summed E-state index contributed by atoms with van der Waals surface area (Å²) in [4.78, 5) is 114. The average molecular weight is 831 g/mol. The Morgan fingerprint density at radius 3 is 2.33 bits per heavy atom. The molecule has 0 saturated carbocycles.